The largest absolute Gasteiger partial charge is 0.301 e. The summed E-state index contributed by atoms with van der Waals surface area (Å²) in [5.41, 5.74) is 2.47. The number of benzene rings is 2. The van der Waals surface area contributed by atoms with Crippen LogP contribution in [0.4, 0.5) is 5.13 Å². The molecule has 1 amide bonds. The fourth-order valence-electron chi connectivity index (χ4n) is 2.47. The van der Waals surface area contributed by atoms with Crippen LogP contribution < -0.4 is 5.32 Å². The summed E-state index contributed by atoms with van der Waals surface area (Å²) in [6.07, 6.45) is 0. The first kappa shape index (κ1) is 20.5. The summed E-state index contributed by atoms with van der Waals surface area (Å²) in [5, 5.41) is 5.38. The van der Waals surface area contributed by atoms with Crippen LogP contribution in [0, 0.1) is 6.92 Å². The summed E-state index contributed by atoms with van der Waals surface area (Å²) in [6.45, 7) is 4.66. The summed E-state index contributed by atoms with van der Waals surface area (Å²) >= 11 is 7.12. The van der Waals surface area contributed by atoms with Gasteiger partial charge in [-0.3, -0.25) is 4.79 Å². The number of nitrogens with one attached hydrogen (secondary N) is 1. The van der Waals surface area contributed by atoms with Gasteiger partial charge in [-0.2, -0.15) is 0 Å². The molecular formula is C20H19ClN2O3S2. The Bertz CT molecular complexity index is 1100. The van der Waals surface area contributed by atoms with Crippen LogP contribution in [0.1, 0.15) is 19.4 Å². The van der Waals surface area contributed by atoms with Gasteiger partial charge in [0.25, 0.3) is 0 Å². The Kier molecular flexibility index (Phi) is 5.61. The van der Waals surface area contributed by atoms with Gasteiger partial charge in [0.05, 0.1) is 10.6 Å². The van der Waals surface area contributed by atoms with Crippen LogP contribution in [-0.2, 0) is 14.6 Å². The zero-order chi connectivity index (χ0) is 20.5. The minimum Gasteiger partial charge on any atom is -0.301 e. The van der Waals surface area contributed by atoms with Crippen molar-refractivity contribution in [2.24, 2.45) is 0 Å². The number of aryl methyl sites for hydroxylation is 1. The number of thiazole rings is 1. The van der Waals surface area contributed by atoms with Crippen LogP contribution in [0.2, 0.25) is 5.02 Å². The monoisotopic (exact) mass is 434 g/mol. The first-order valence-corrected chi connectivity index (χ1v) is 11.2. The lowest BCUT2D eigenvalue weighted by molar-refractivity contribution is -0.117. The smallest absolute Gasteiger partial charge is 0.247 e. The fourth-order valence-corrected chi connectivity index (χ4v) is 4.69. The van der Waals surface area contributed by atoms with Crippen molar-refractivity contribution in [2.75, 3.05) is 5.32 Å². The third-order valence-corrected chi connectivity index (χ3v) is 7.85. The molecule has 0 aliphatic rings. The third-order valence-electron chi connectivity index (χ3n) is 4.41. The van der Waals surface area contributed by atoms with Crippen molar-refractivity contribution in [1.82, 2.24) is 4.98 Å². The maximum atomic E-state index is 13.0. The van der Waals surface area contributed by atoms with Crippen molar-refractivity contribution in [2.45, 2.75) is 30.4 Å². The Morgan fingerprint density at radius 1 is 1.07 bits per heavy atom. The highest BCUT2D eigenvalue weighted by Crippen LogP contribution is 2.30. The molecule has 3 aromatic rings. The number of carbonyl (C=O) groups is 1. The molecule has 5 nitrogen and oxygen atoms in total. The molecule has 0 atom stereocenters. The molecule has 0 aliphatic carbocycles. The van der Waals surface area contributed by atoms with E-state index in [0.29, 0.717) is 15.8 Å². The Balaban J connectivity index is 1.82. The van der Waals surface area contributed by atoms with Gasteiger partial charge in [-0.1, -0.05) is 41.4 Å². The number of hydrogen-bond donors (Lipinski definition) is 1. The van der Waals surface area contributed by atoms with Crippen molar-refractivity contribution < 1.29 is 13.2 Å². The maximum Gasteiger partial charge on any atom is 0.247 e. The highest BCUT2D eigenvalue weighted by atomic mass is 35.5. The predicted octanol–water partition coefficient (Wildman–Crippen LogP) is 4.96. The predicted molar refractivity (Wildman–Crippen MR) is 114 cm³/mol. The summed E-state index contributed by atoms with van der Waals surface area (Å²) in [6, 6.07) is 13.6. The molecule has 8 heteroatoms. The van der Waals surface area contributed by atoms with Gasteiger partial charge >= 0.3 is 0 Å². The molecule has 2 aromatic carbocycles. The number of amides is 1. The minimum atomic E-state index is -3.87. The van der Waals surface area contributed by atoms with Gasteiger partial charge in [-0.25, -0.2) is 13.4 Å². The van der Waals surface area contributed by atoms with Crippen molar-refractivity contribution in [1.29, 1.82) is 0 Å². The Labute approximate surface area is 173 Å². The van der Waals surface area contributed by atoms with Crippen LogP contribution in [0.25, 0.3) is 11.3 Å². The van der Waals surface area contributed by atoms with Crippen molar-refractivity contribution in [3.8, 4) is 11.3 Å². The summed E-state index contributed by atoms with van der Waals surface area (Å²) in [4.78, 5) is 17.3. The van der Waals surface area contributed by atoms with Crippen LogP contribution in [0.3, 0.4) is 0 Å². The number of hydrogen-bond acceptors (Lipinski definition) is 5. The molecule has 1 aromatic heterocycles. The second-order valence-electron chi connectivity index (χ2n) is 6.83. The summed E-state index contributed by atoms with van der Waals surface area (Å²) in [5.74, 6) is -0.634. The summed E-state index contributed by atoms with van der Waals surface area (Å²) < 4.78 is 24.3. The number of rotatable bonds is 5. The molecule has 0 bridgehead atoms. The first-order valence-electron chi connectivity index (χ1n) is 8.45. The average Bonchev–Trinajstić information content (AvgIpc) is 3.11. The second-order valence-corrected chi connectivity index (χ2v) is 10.6. The lowest BCUT2D eigenvalue weighted by Crippen LogP contribution is -2.44. The van der Waals surface area contributed by atoms with Crippen molar-refractivity contribution >= 4 is 43.8 Å². The molecular weight excluding hydrogens is 416 g/mol. The van der Waals surface area contributed by atoms with E-state index in [1.165, 1.54) is 37.3 Å². The lowest BCUT2D eigenvalue weighted by atomic mass is 10.2. The van der Waals surface area contributed by atoms with E-state index in [9.17, 15) is 13.2 Å². The number of nitrogens with zero attached hydrogens (tertiary/aromatic N) is 1. The van der Waals surface area contributed by atoms with Gasteiger partial charge in [0.2, 0.25) is 5.91 Å². The molecule has 1 heterocycles. The zero-order valence-corrected chi connectivity index (χ0v) is 18.0. The van der Waals surface area contributed by atoms with Gasteiger partial charge in [-0.15, -0.1) is 11.3 Å². The molecule has 0 saturated carbocycles. The van der Waals surface area contributed by atoms with E-state index in [1.807, 2.05) is 19.1 Å². The van der Waals surface area contributed by atoms with E-state index < -0.39 is 20.5 Å². The fraction of sp³-hybridized carbons (Fsp3) is 0.200. The summed E-state index contributed by atoms with van der Waals surface area (Å²) in [7, 11) is -3.87. The van der Waals surface area contributed by atoms with Gasteiger partial charge < -0.3 is 5.32 Å². The van der Waals surface area contributed by atoms with E-state index in [-0.39, 0.29) is 4.90 Å². The van der Waals surface area contributed by atoms with E-state index in [2.05, 4.69) is 10.3 Å². The average molecular weight is 435 g/mol. The molecule has 0 aliphatic heterocycles. The van der Waals surface area contributed by atoms with Crippen LogP contribution in [0.5, 0.6) is 0 Å². The standard InChI is InChI=1S/C20H19ClN2O3S2/c1-13-4-10-16(11-5-13)28(25,26)20(2,3)18(24)23-19-22-17(12-27-19)14-6-8-15(21)9-7-14/h4-12H,1-3H3,(H,22,23,24). The number of halogens is 1. The molecule has 0 unspecified atom stereocenters. The third kappa shape index (κ3) is 3.97. The Morgan fingerprint density at radius 3 is 2.29 bits per heavy atom. The van der Waals surface area contributed by atoms with E-state index in [0.717, 1.165) is 11.1 Å². The topological polar surface area (TPSA) is 76.1 Å². The van der Waals surface area contributed by atoms with Gasteiger partial charge in [0.1, 0.15) is 4.75 Å². The quantitative estimate of drug-likeness (QED) is 0.615. The number of aromatic nitrogens is 1. The zero-order valence-electron chi connectivity index (χ0n) is 15.6. The van der Waals surface area contributed by atoms with Crippen LogP contribution in [0.15, 0.2) is 58.8 Å². The highest BCUT2D eigenvalue weighted by molar-refractivity contribution is 7.93. The number of carbonyl (C=O) groups excluding carboxylic acids is 1. The normalized spacial score (nSPS) is 12.0. The Morgan fingerprint density at radius 2 is 1.68 bits per heavy atom. The second kappa shape index (κ2) is 7.66. The molecule has 3 rings (SSSR count). The number of anilines is 1. The molecule has 146 valence electrons. The van der Waals surface area contributed by atoms with Crippen molar-refractivity contribution in [3.05, 3.63) is 64.5 Å². The van der Waals surface area contributed by atoms with E-state index >= 15 is 0 Å². The molecule has 28 heavy (non-hydrogen) atoms. The van der Waals surface area contributed by atoms with E-state index in [1.54, 1.807) is 29.6 Å². The molecule has 0 radical (unpaired) electrons. The molecule has 1 N–H and O–H groups in total. The molecule has 0 spiro atoms. The van der Waals surface area contributed by atoms with Gasteiger partial charge in [0, 0.05) is 16.0 Å². The molecule has 0 fully saturated rings. The SMILES string of the molecule is Cc1ccc(S(=O)(=O)C(C)(C)C(=O)Nc2nc(-c3ccc(Cl)cc3)cs2)cc1. The number of sulfone groups is 1. The maximum absolute atomic E-state index is 13.0. The van der Waals surface area contributed by atoms with Crippen LogP contribution >= 0.6 is 22.9 Å². The van der Waals surface area contributed by atoms with Crippen molar-refractivity contribution in [3.63, 3.8) is 0 Å². The minimum absolute atomic E-state index is 0.110. The lowest BCUT2D eigenvalue weighted by Gasteiger charge is -2.23. The Hall–Kier alpha value is -2.22. The van der Waals surface area contributed by atoms with Crippen LogP contribution in [-0.4, -0.2) is 24.1 Å². The highest BCUT2D eigenvalue weighted by Gasteiger charge is 2.43. The van der Waals surface area contributed by atoms with E-state index in [4.69, 9.17) is 11.6 Å². The van der Waals surface area contributed by atoms with Gasteiger partial charge in [-0.05, 0) is 45.0 Å². The van der Waals surface area contributed by atoms with Gasteiger partial charge in [0.15, 0.2) is 15.0 Å². The molecule has 0 saturated heterocycles. The first-order chi connectivity index (χ1) is 13.1.